The number of benzene rings is 10. The highest BCUT2D eigenvalue weighted by atomic mass is 15.0. The highest BCUT2D eigenvalue weighted by molar-refractivity contribution is 6.20. The molecule has 1 aliphatic rings. The van der Waals surface area contributed by atoms with Crippen LogP contribution in [0.5, 0.6) is 0 Å². The van der Waals surface area contributed by atoms with Crippen molar-refractivity contribution in [1.82, 2.24) is 9.13 Å². The van der Waals surface area contributed by atoms with Gasteiger partial charge < -0.3 is 9.13 Å². The molecule has 1 aliphatic carbocycles. The molecule has 2 nitrogen and oxygen atoms in total. The van der Waals surface area contributed by atoms with Crippen LogP contribution in [0.25, 0.3) is 88.0 Å². The average Bonchev–Trinajstić information content (AvgIpc) is 3.96. The molecule has 0 unspecified atom stereocenters. The Morgan fingerprint density at radius 2 is 0.885 bits per heavy atom. The van der Waals surface area contributed by atoms with Crippen LogP contribution in [0.1, 0.15) is 22.3 Å². The summed E-state index contributed by atoms with van der Waals surface area (Å²) in [5.74, 6) is 0. The van der Waals surface area contributed by atoms with Gasteiger partial charge in [0.25, 0.3) is 0 Å². The highest BCUT2D eigenvalue weighted by Crippen LogP contribution is 2.59. The van der Waals surface area contributed by atoms with Crippen LogP contribution in [0.4, 0.5) is 0 Å². The quantitative estimate of drug-likeness (QED) is 0.165. The summed E-state index contributed by atoms with van der Waals surface area (Å²) >= 11 is 0. The molecule has 2 heterocycles. The van der Waals surface area contributed by atoms with E-state index in [0.717, 1.165) is 0 Å². The van der Waals surface area contributed by atoms with E-state index in [2.05, 4.69) is 240 Å². The van der Waals surface area contributed by atoms with E-state index in [4.69, 9.17) is 0 Å². The summed E-state index contributed by atoms with van der Waals surface area (Å²) in [5.41, 5.74) is 16.8. The van der Waals surface area contributed by atoms with Gasteiger partial charge in [0.2, 0.25) is 0 Å². The zero-order valence-electron chi connectivity index (χ0n) is 33.3. The van der Waals surface area contributed by atoms with Gasteiger partial charge in [-0.25, -0.2) is 0 Å². The lowest BCUT2D eigenvalue weighted by molar-refractivity contribution is 0.769. The Balaban J connectivity index is 1.14. The molecule has 284 valence electrons. The third-order valence-corrected chi connectivity index (χ3v) is 13.4. The molecule has 10 aromatic carbocycles. The van der Waals surface area contributed by atoms with Crippen molar-refractivity contribution < 1.29 is 0 Å². The van der Waals surface area contributed by atoms with Gasteiger partial charge in [-0.05, 0) is 104 Å². The molecule has 61 heavy (non-hydrogen) atoms. The fourth-order valence-electron chi connectivity index (χ4n) is 10.9. The van der Waals surface area contributed by atoms with Crippen LogP contribution in [0.3, 0.4) is 0 Å². The third-order valence-electron chi connectivity index (χ3n) is 13.4. The molecule has 0 spiro atoms. The Bertz CT molecular complexity index is 3640. The maximum atomic E-state index is 2.52. The van der Waals surface area contributed by atoms with E-state index in [1.165, 1.54) is 110 Å². The van der Waals surface area contributed by atoms with Gasteiger partial charge in [0.15, 0.2) is 0 Å². The monoisotopic (exact) mass is 774 g/mol. The molecule has 0 amide bonds. The van der Waals surface area contributed by atoms with Crippen molar-refractivity contribution in [3.8, 4) is 33.6 Å². The maximum Gasteiger partial charge on any atom is 0.0713 e. The maximum absolute atomic E-state index is 2.52. The summed E-state index contributed by atoms with van der Waals surface area (Å²) in [6.45, 7) is 0. The zero-order chi connectivity index (χ0) is 40.1. The van der Waals surface area contributed by atoms with Crippen LogP contribution in [-0.4, -0.2) is 9.13 Å². The number of fused-ring (bicyclic) bond motifs is 11. The van der Waals surface area contributed by atoms with Crippen molar-refractivity contribution in [1.29, 1.82) is 0 Å². The topological polar surface area (TPSA) is 9.86 Å². The smallest absolute Gasteiger partial charge is 0.0713 e. The van der Waals surface area contributed by atoms with Crippen LogP contribution < -0.4 is 0 Å². The summed E-state index contributed by atoms with van der Waals surface area (Å²) < 4.78 is 4.91. The molecule has 0 bridgehead atoms. The molecule has 0 radical (unpaired) electrons. The Morgan fingerprint density at radius 3 is 1.64 bits per heavy atom. The van der Waals surface area contributed by atoms with Crippen molar-refractivity contribution in [2.75, 3.05) is 0 Å². The van der Waals surface area contributed by atoms with Gasteiger partial charge in [0, 0.05) is 32.6 Å². The lowest BCUT2D eigenvalue weighted by Gasteiger charge is -2.33. The van der Waals surface area contributed by atoms with Crippen molar-refractivity contribution >= 4 is 54.4 Å². The summed E-state index contributed by atoms with van der Waals surface area (Å²) in [4.78, 5) is 0. The van der Waals surface area contributed by atoms with Crippen LogP contribution in [0.15, 0.2) is 231 Å². The van der Waals surface area contributed by atoms with Crippen molar-refractivity contribution in [3.63, 3.8) is 0 Å². The molecule has 12 aromatic rings. The Hall–Kier alpha value is -7.94. The van der Waals surface area contributed by atoms with Crippen molar-refractivity contribution in [2.24, 2.45) is 0 Å². The molecule has 0 atom stereocenters. The van der Waals surface area contributed by atoms with Gasteiger partial charge in [0.05, 0.1) is 33.2 Å². The largest absolute Gasteiger partial charge is 0.309 e. The predicted molar refractivity (Wildman–Crippen MR) is 255 cm³/mol. The van der Waals surface area contributed by atoms with Crippen LogP contribution >= 0.6 is 0 Å². The Morgan fingerprint density at radius 1 is 0.328 bits per heavy atom. The summed E-state index contributed by atoms with van der Waals surface area (Å²) in [7, 11) is 0. The fraction of sp³-hybridized carbons (Fsp3) is 0.0169. The molecule has 13 rings (SSSR count). The Kier molecular flexibility index (Phi) is 7.26. The van der Waals surface area contributed by atoms with E-state index in [-0.39, 0.29) is 0 Å². The molecule has 0 saturated heterocycles. The van der Waals surface area contributed by atoms with Gasteiger partial charge in [-0.2, -0.15) is 0 Å². The second-order valence-electron chi connectivity index (χ2n) is 16.4. The first-order chi connectivity index (χ1) is 30.3. The first-order valence-electron chi connectivity index (χ1n) is 21.2. The lowest BCUT2D eigenvalue weighted by Crippen LogP contribution is -2.28. The average molecular weight is 775 g/mol. The van der Waals surface area contributed by atoms with E-state index in [0.29, 0.717) is 0 Å². The van der Waals surface area contributed by atoms with Crippen LogP contribution in [0.2, 0.25) is 0 Å². The molecule has 0 N–H and O–H groups in total. The second kappa shape index (κ2) is 13.0. The van der Waals surface area contributed by atoms with Crippen molar-refractivity contribution in [2.45, 2.75) is 5.41 Å². The molecule has 0 saturated carbocycles. The van der Waals surface area contributed by atoms with Crippen molar-refractivity contribution in [3.05, 3.63) is 253 Å². The second-order valence-corrected chi connectivity index (χ2v) is 16.4. The van der Waals surface area contributed by atoms with E-state index in [1.54, 1.807) is 0 Å². The number of rotatable bonds is 5. The number of para-hydroxylation sites is 2. The first-order valence-corrected chi connectivity index (χ1v) is 21.2. The number of hydrogen-bond donors (Lipinski definition) is 0. The molecule has 2 aromatic heterocycles. The highest BCUT2D eigenvalue weighted by Gasteiger charge is 2.47. The van der Waals surface area contributed by atoms with E-state index >= 15 is 0 Å². The van der Waals surface area contributed by atoms with E-state index in [1.807, 2.05) is 0 Å². The van der Waals surface area contributed by atoms with Gasteiger partial charge in [-0.1, -0.05) is 176 Å². The number of nitrogens with zero attached hydrogens (tertiary/aromatic N) is 2. The predicted octanol–water partition coefficient (Wildman–Crippen LogP) is 15.1. The minimum Gasteiger partial charge on any atom is -0.309 e. The first kappa shape index (κ1) is 34.0. The Labute approximate surface area is 353 Å². The lowest BCUT2D eigenvalue weighted by atomic mass is 9.67. The molecule has 0 aliphatic heterocycles. The van der Waals surface area contributed by atoms with Gasteiger partial charge in [-0.3, -0.25) is 0 Å². The van der Waals surface area contributed by atoms with Gasteiger partial charge >= 0.3 is 0 Å². The fourth-order valence-corrected chi connectivity index (χ4v) is 10.9. The zero-order valence-corrected chi connectivity index (χ0v) is 33.3. The van der Waals surface area contributed by atoms with Crippen LogP contribution in [0, 0.1) is 0 Å². The third kappa shape index (κ3) is 4.73. The number of aromatic nitrogens is 2. The minimum atomic E-state index is -0.494. The normalized spacial score (nSPS) is 13.0. The van der Waals surface area contributed by atoms with Crippen LogP contribution in [-0.2, 0) is 5.41 Å². The molecular weight excluding hydrogens is 737 g/mol. The van der Waals surface area contributed by atoms with E-state index in [9.17, 15) is 0 Å². The minimum absolute atomic E-state index is 0.494. The molecular formula is C59H38N2. The van der Waals surface area contributed by atoms with Gasteiger partial charge in [0.1, 0.15) is 0 Å². The number of hydrogen-bond acceptors (Lipinski definition) is 0. The van der Waals surface area contributed by atoms with Gasteiger partial charge in [-0.15, -0.1) is 0 Å². The summed E-state index contributed by atoms with van der Waals surface area (Å²) in [5, 5.41) is 7.50. The molecule has 0 fully saturated rings. The summed E-state index contributed by atoms with van der Waals surface area (Å²) in [6.07, 6.45) is 0. The van der Waals surface area contributed by atoms with E-state index < -0.39 is 5.41 Å². The standard InChI is InChI=1S/C59H38N2/c1-4-19-42(20-5-1)59(43-21-6-2-7-22-43)50-28-14-12-27-47(50)57-51(59)33-36-56-58(57)49-38-41(32-35-55(49)61(56)52-30-16-18-39-17-10-11-25-45(39)52)40-31-34-54-48(37-40)46-26-13-15-29-53(46)60(54)44-23-8-3-9-24-44/h1-38H. The summed E-state index contributed by atoms with van der Waals surface area (Å²) in [6, 6.07) is 85.3. The SMILES string of the molecule is c1ccc(-n2c3ccccc3c3cc(-c4ccc5c(c4)c4c6c(ccc4n5-c4cccc5ccccc45)C(c4ccccc4)(c4ccccc4)c4ccccc4-6)ccc32)cc1. The molecule has 2 heteroatoms.